The summed E-state index contributed by atoms with van der Waals surface area (Å²) in [6.45, 7) is 2.10. The molecule has 0 aliphatic carbocycles. The average Bonchev–Trinajstić information content (AvgIpc) is 2.92. The Kier molecular flexibility index (Phi) is 8.02. The number of rotatable bonds is 10. The lowest BCUT2D eigenvalue weighted by Crippen LogP contribution is -2.38. The summed E-state index contributed by atoms with van der Waals surface area (Å²) in [7, 11) is -3.95. The molecule has 0 fully saturated rings. The summed E-state index contributed by atoms with van der Waals surface area (Å²) in [5.74, 6) is 0.216. The van der Waals surface area contributed by atoms with Crippen LogP contribution in [0.5, 0.6) is 5.75 Å². The van der Waals surface area contributed by atoms with Crippen molar-refractivity contribution in [1.29, 1.82) is 0 Å². The van der Waals surface area contributed by atoms with Gasteiger partial charge in [-0.15, -0.1) is 0 Å². The van der Waals surface area contributed by atoms with Crippen molar-refractivity contribution >= 4 is 27.3 Å². The maximum Gasteiger partial charge on any atom is 0.264 e. The Hall–Kier alpha value is -4.10. The second kappa shape index (κ2) is 11.6. The predicted molar refractivity (Wildman–Crippen MR) is 143 cm³/mol. The van der Waals surface area contributed by atoms with Gasteiger partial charge in [0.15, 0.2) is 0 Å². The van der Waals surface area contributed by atoms with Gasteiger partial charge in [0.2, 0.25) is 5.91 Å². The van der Waals surface area contributed by atoms with E-state index in [0.717, 1.165) is 21.9 Å². The van der Waals surface area contributed by atoms with E-state index in [-0.39, 0.29) is 11.4 Å². The van der Waals surface area contributed by atoms with E-state index in [9.17, 15) is 13.2 Å². The minimum atomic E-state index is -3.95. The highest BCUT2D eigenvalue weighted by atomic mass is 32.2. The van der Waals surface area contributed by atoms with Gasteiger partial charge in [-0.2, -0.15) is 0 Å². The quantitative estimate of drug-likeness (QED) is 0.305. The van der Waals surface area contributed by atoms with Gasteiger partial charge in [-0.05, 0) is 66.1 Å². The number of nitrogens with one attached hydrogen (secondary N) is 1. The number of amides is 1. The first kappa shape index (κ1) is 25.0. The van der Waals surface area contributed by atoms with Crippen molar-refractivity contribution in [3.63, 3.8) is 0 Å². The lowest BCUT2D eigenvalue weighted by Gasteiger charge is -2.24. The minimum Gasteiger partial charge on any atom is -0.489 e. The molecule has 6 nitrogen and oxygen atoms in total. The first-order valence-electron chi connectivity index (χ1n) is 11.7. The standard InChI is InChI=1S/C29H28N2O4S/c1-2-23-13-17-26(18-14-23)31(36(33,34)28-11-7-4-8-12-28)21-29(32)30-25-15-19-27(20-16-25)35-22-24-9-5-3-6-10-24/h3-20H,2,21-22H2,1H3,(H,30,32). The molecule has 184 valence electrons. The van der Waals surface area contributed by atoms with Crippen molar-refractivity contribution in [2.75, 3.05) is 16.2 Å². The van der Waals surface area contributed by atoms with Crippen LogP contribution in [0, 0.1) is 0 Å². The molecule has 0 aliphatic rings. The number of benzene rings is 4. The van der Waals surface area contributed by atoms with E-state index in [1.54, 1.807) is 54.6 Å². The summed E-state index contributed by atoms with van der Waals surface area (Å²) in [5, 5.41) is 2.79. The number of aryl methyl sites for hydroxylation is 1. The molecule has 0 unspecified atom stereocenters. The fourth-order valence-electron chi connectivity index (χ4n) is 3.64. The molecule has 0 bridgehead atoms. The lowest BCUT2D eigenvalue weighted by atomic mass is 10.1. The Morgan fingerprint density at radius 1 is 0.778 bits per heavy atom. The topological polar surface area (TPSA) is 75.7 Å². The van der Waals surface area contributed by atoms with Crippen molar-refractivity contribution in [3.8, 4) is 5.75 Å². The predicted octanol–water partition coefficient (Wildman–Crippen LogP) is 5.66. The van der Waals surface area contributed by atoms with Gasteiger partial charge in [-0.25, -0.2) is 8.42 Å². The SMILES string of the molecule is CCc1ccc(N(CC(=O)Nc2ccc(OCc3ccccc3)cc2)S(=O)(=O)c2ccccc2)cc1. The van der Waals surface area contributed by atoms with Crippen molar-refractivity contribution in [3.05, 3.63) is 120 Å². The Morgan fingerprint density at radius 3 is 2.00 bits per heavy atom. The third kappa shape index (κ3) is 6.31. The van der Waals surface area contributed by atoms with E-state index in [0.29, 0.717) is 23.7 Å². The summed E-state index contributed by atoms with van der Waals surface area (Å²) in [4.78, 5) is 13.1. The molecule has 0 heterocycles. The lowest BCUT2D eigenvalue weighted by molar-refractivity contribution is -0.114. The highest BCUT2D eigenvalue weighted by molar-refractivity contribution is 7.92. The molecule has 0 radical (unpaired) electrons. The molecule has 4 aromatic carbocycles. The van der Waals surface area contributed by atoms with E-state index in [4.69, 9.17) is 4.74 Å². The highest BCUT2D eigenvalue weighted by Gasteiger charge is 2.27. The molecular weight excluding hydrogens is 472 g/mol. The normalized spacial score (nSPS) is 11.0. The van der Waals surface area contributed by atoms with Crippen LogP contribution in [0.25, 0.3) is 0 Å². The van der Waals surface area contributed by atoms with Gasteiger partial charge in [-0.3, -0.25) is 9.10 Å². The number of hydrogen-bond acceptors (Lipinski definition) is 4. The summed E-state index contributed by atoms with van der Waals surface area (Å²) in [5.41, 5.74) is 3.11. The molecule has 0 aromatic heterocycles. The molecule has 7 heteroatoms. The molecule has 4 rings (SSSR count). The smallest absolute Gasteiger partial charge is 0.264 e. The van der Waals surface area contributed by atoms with Crippen LogP contribution in [0.2, 0.25) is 0 Å². The van der Waals surface area contributed by atoms with Crippen LogP contribution in [-0.4, -0.2) is 20.9 Å². The molecular formula is C29H28N2O4S. The van der Waals surface area contributed by atoms with Crippen molar-refractivity contribution in [2.24, 2.45) is 0 Å². The van der Waals surface area contributed by atoms with Crippen LogP contribution in [0.3, 0.4) is 0 Å². The Labute approximate surface area is 212 Å². The molecule has 1 N–H and O–H groups in total. The summed E-state index contributed by atoms with van der Waals surface area (Å²) < 4.78 is 33.8. The van der Waals surface area contributed by atoms with E-state index < -0.39 is 15.9 Å². The van der Waals surface area contributed by atoms with Gasteiger partial charge in [0.1, 0.15) is 18.9 Å². The Balaban J connectivity index is 1.47. The third-order valence-electron chi connectivity index (χ3n) is 5.64. The fraction of sp³-hybridized carbons (Fsp3) is 0.138. The minimum absolute atomic E-state index is 0.122. The molecule has 0 saturated heterocycles. The molecule has 4 aromatic rings. The summed E-state index contributed by atoms with van der Waals surface area (Å²) in [6.07, 6.45) is 0.831. The number of sulfonamides is 1. The largest absolute Gasteiger partial charge is 0.489 e. The first-order chi connectivity index (χ1) is 17.5. The van der Waals surface area contributed by atoms with Gasteiger partial charge in [0.05, 0.1) is 10.6 Å². The molecule has 0 aliphatic heterocycles. The molecule has 0 saturated carbocycles. The Bertz CT molecular complexity index is 1370. The fourth-order valence-corrected chi connectivity index (χ4v) is 5.08. The number of carbonyl (C=O) groups excluding carboxylic acids is 1. The number of hydrogen-bond donors (Lipinski definition) is 1. The third-order valence-corrected chi connectivity index (χ3v) is 7.43. The monoisotopic (exact) mass is 500 g/mol. The average molecular weight is 501 g/mol. The zero-order valence-corrected chi connectivity index (χ0v) is 20.8. The van der Waals surface area contributed by atoms with Gasteiger partial charge < -0.3 is 10.1 Å². The van der Waals surface area contributed by atoms with Gasteiger partial charge >= 0.3 is 0 Å². The van der Waals surface area contributed by atoms with Crippen molar-refractivity contribution in [2.45, 2.75) is 24.8 Å². The first-order valence-corrected chi connectivity index (χ1v) is 13.1. The van der Waals surface area contributed by atoms with E-state index >= 15 is 0 Å². The second-order valence-corrected chi connectivity index (χ2v) is 10.1. The highest BCUT2D eigenvalue weighted by Crippen LogP contribution is 2.25. The zero-order chi connectivity index (χ0) is 25.4. The molecule has 1 amide bonds. The van der Waals surface area contributed by atoms with Gasteiger partial charge in [0.25, 0.3) is 10.0 Å². The zero-order valence-electron chi connectivity index (χ0n) is 20.0. The van der Waals surface area contributed by atoms with Gasteiger partial charge in [0, 0.05) is 5.69 Å². The van der Waals surface area contributed by atoms with Crippen LogP contribution >= 0.6 is 0 Å². The number of carbonyl (C=O) groups is 1. The van der Waals surface area contributed by atoms with Crippen molar-refractivity contribution < 1.29 is 17.9 Å². The molecule has 0 atom stereocenters. The van der Waals surface area contributed by atoms with Crippen LogP contribution in [0.4, 0.5) is 11.4 Å². The molecule has 0 spiro atoms. The second-order valence-electron chi connectivity index (χ2n) is 8.19. The van der Waals surface area contributed by atoms with Crippen LogP contribution in [0.15, 0.2) is 114 Å². The molecule has 36 heavy (non-hydrogen) atoms. The van der Waals surface area contributed by atoms with Crippen LogP contribution in [-0.2, 0) is 27.8 Å². The van der Waals surface area contributed by atoms with Crippen LogP contribution < -0.4 is 14.4 Å². The van der Waals surface area contributed by atoms with Gasteiger partial charge in [-0.1, -0.05) is 67.6 Å². The van der Waals surface area contributed by atoms with Crippen LogP contribution in [0.1, 0.15) is 18.1 Å². The van der Waals surface area contributed by atoms with E-state index in [2.05, 4.69) is 5.32 Å². The number of anilines is 2. The van der Waals surface area contributed by atoms with E-state index in [1.165, 1.54) is 12.1 Å². The van der Waals surface area contributed by atoms with Crippen molar-refractivity contribution in [1.82, 2.24) is 0 Å². The maximum absolute atomic E-state index is 13.4. The number of nitrogens with zero attached hydrogens (tertiary/aromatic N) is 1. The summed E-state index contributed by atoms with van der Waals surface area (Å²) >= 11 is 0. The number of ether oxygens (including phenoxy) is 1. The van der Waals surface area contributed by atoms with E-state index in [1.807, 2.05) is 49.4 Å². The Morgan fingerprint density at radius 2 is 1.39 bits per heavy atom. The summed E-state index contributed by atoms with van der Waals surface area (Å²) in [6, 6.07) is 32.1. The maximum atomic E-state index is 13.4.